The highest BCUT2D eigenvalue weighted by molar-refractivity contribution is 6.03. The van der Waals surface area contributed by atoms with Gasteiger partial charge in [-0.15, -0.1) is 0 Å². The number of benzene rings is 2. The van der Waals surface area contributed by atoms with Crippen LogP contribution in [0.15, 0.2) is 42.0 Å². The molecule has 1 aliphatic rings. The molecule has 2 N–H and O–H groups in total. The maximum Gasteiger partial charge on any atom is 0.262 e. The molecule has 0 atom stereocenters. The third-order valence-corrected chi connectivity index (χ3v) is 3.85. The van der Waals surface area contributed by atoms with E-state index in [9.17, 15) is 4.79 Å². The van der Waals surface area contributed by atoms with E-state index in [0.717, 1.165) is 11.1 Å². The van der Waals surface area contributed by atoms with Crippen LogP contribution in [0.4, 0.5) is 0 Å². The maximum absolute atomic E-state index is 11.8. The Morgan fingerprint density at radius 1 is 1.10 bits per heavy atom. The molecule has 1 amide bonds. The maximum atomic E-state index is 11.8. The monoisotopic (exact) mass is 280 g/mol. The number of fused-ring (bicyclic) bond motifs is 1. The van der Waals surface area contributed by atoms with Gasteiger partial charge in [0.1, 0.15) is 0 Å². The number of hydrazine groups is 1. The van der Waals surface area contributed by atoms with Crippen LogP contribution in [0.25, 0.3) is 16.8 Å². The zero-order chi connectivity index (χ0) is 15.0. The molecular formula is C18H20N2O. The van der Waals surface area contributed by atoms with E-state index in [0.29, 0.717) is 6.54 Å². The normalized spacial score (nSPS) is 17.5. The molecule has 0 saturated carbocycles. The first-order valence-electron chi connectivity index (χ1n) is 7.23. The minimum Gasteiger partial charge on any atom is -0.287 e. The molecule has 0 aromatic heterocycles. The van der Waals surface area contributed by atoms with E-state index >= 15 is 0 Å². The van der Waals surface area contributed by atoms with Gasteiger partial charge in [0.15, 0.2) is 0 Å². The molecule has 0 bridgehead atoms. The summed E-state index contributed by atoms with van der Waals surface area (Å²) in [4.78, 5) is 11.8. The summed E-state index contributed by atoms with van der Waals surface area (Å²) >= 11 is 0. The first kappa shape index (κ1) is 13.8. The van der Waals surface area contributed by atoms with Crippen LogP contribution < -0.4 is 10.9 Å². The Labute approximate surface area is 125 Å². The first-order valence-corrected chi connectivity index (χ1v) is 7.23. The van der Waals surface area contributed by atoms with Crippen LogP contribution in [-0.4, -0.2) is 12.5 Å². The van der Waals surface area contributed by atoms with Crippen molar-refractivity contribution in [3.8, 4) is 0 Å². The van der Waals surface area contributed by atoms with Crippen molar-refractivity contribution >= 4 is 22.8 Å². The summed E-state index contributed by atoms with van der Waals surface area (Å²) in [6.07, 6.45) is 1.99. The molecule has 1 fully saturated rings. The zero-order valence-corrected chi connectivity index (χ0v) is 12.7. The first-order chi connectivity index (χ1) is 9.97. The number of carbonyl (C=O) groups excluding carboxylic acids is 1. The van der Waals surface area contributed by atoms with Crippen molar-refractivity contribution in [2.75, 3.05) is 6.54 Å². The molecule has 3 heteroatoms. The summed E-state index contributed by atoms with van der Waals surface area (Å²) in [6, 6.07) is 12.7. The highest BCUT2D eigenvalue weighted by atomic mass is 16.2. The molecule has 108 valence electrons. The van der Waals surface area contributed by atoms with E-state index in [1.807, 2.05) is 12.1 Å². The average molecular weight is 280 g/mol. The van der Waals surface area contributed by atoms with Crippen molar-refractivity contribution in [3.63, 3.8) is 0 Å². The summed E-state index contributed by atoms with van der Waals surface area (Å²) in [5.41, 5.74) is 8.73. The Morgan fingerprint density at radius 2 is 1.81 bits per heavy atom. The van der Waals surface area contributed by atoms with Crippen molar-refractivity contribution in [1.29, 1.82) is 0 Å². The van der Waals surface area contributed by atoms with Gasteiger partial charge in [0.05, 0.1) is 0 Å². The van der Waals surface area contributed by atoms with Gasteiger partial charge < -0.3 is 0 Å². The lowest BCUT2D eigenvalue weighted by Gasteiger charge is -2.22. The Hall–Kier alpha value is -2.13. The molecule has 2 aromatic carbocycles. The number of rotatable bonds is 1. The number of hydrogen-bond donors (Lipinski definition) is 2. The standard InChI is InChI=1S/C18H20N2O/c1-18(2,3)15-9-5-7-12-6-4-8-13(16(12)15)10-14-11-19-20-17(14)21/h4-10,19H,11H2,1-3H3,(H,20,21)/b14-10+. The third kappa shape index (κ3) is 2.57. The molecule has 3 nitrogen and oxygen atoms in total. The van der Waals surface area contributed by atoms with E-state index in [-0.39, 0.29) is 11.3 Å². The highest BCUT2D eigenvalue weighted by Crippen LogP contribution is 2.33. The predicted molar refractivity (Wildman–Crippen MR) is 86.8 cm³/mol. The lowest BCUT2D eigenvalue weighted by atomic mass is 9.82. The third-order valence-electron chi connectivity index (χ3n) is 3.85. The van der Waals surface area contributed by atoms with Crippen molar-refractivity contribution in [1.82, 2.24) is 10.9 Å². The molecule has 0 aliphatic carbocycles. The van der Waals surface area contributed by atoms with Crippen LogP contribution in [-0.2, 0) is 10.2 Å². The Balaban J connectivity index is 2.26. The van der Waals surface area contributed by atoms with Gasteiger partial charge in [-0.2, -0.15) is 0 Å². The second kappa shape index (κ2) is 5.01. The zero-order valence-electron chi connectivity index (χ0n) is 12.7. The van der Waals surface area contributed by atoms with Crippen LogP contribution >= 0.6 is 0 Å². The van der Waals surface area contributed by atoms with Crippen molar-refractivity contribution in [2.24, 2.45) is 0 Å². The van der Waals surface area contributed by atoms with Gasteiger partial charge in [0.2, 0.25) is 0 Å². The number of nitrogens with one attached hydrogen (secondary N) is 2. The smallest absolute Gasteiger partial charge is 0.262 e. The van der Waals surface area contributed by atoms with Crippen LogP contribution in [0.2, 0.25) is 0 Å². The molecule has 3 rings (SSSR count). The lowest BCUT2D eigenvalue weighted by Crippen LogP contribution is -2.25. The van der Waals surface area contributed by atoms with Crippen LogP contribution in [0.1, 0.15) is 31.9 Å². The van der Waals surface area contributed by atoms with E-state index in [1.165, 1.54) is 16.3 Å². The van der Waals surface area contributed by atoms with Gasteiger partial charge >= 0.3 is 0 Å². The fourth-order valence-electron chi connectivity index (χ4n) is 2.80. The fourth-order valence-corrected chi connectivity index (χ4v) is 2.80. The van der Waals surface area contributed by atoms with Gasteiger partial charge in [0, 0.05) is 12.1 Å². The Bertz CT molecular complexity index is 733. The topological polar surface area (TPSA) is 41.1 Å². The molecule has 1 saturated heterocycles. The second-order valence-corrected chi connectivity index (χ2v) is 6.48. The average Bonchev–Trinajstić information content (AvgIpc) is 2.83. The van der Waals surface area contributed by atoms with Crippen LogP contribution in [0.3, 0.4) is 0 Å². The van der Waals surface area contributed by atoms with Gasteiger partial charge in [-0.25, -0.2) is 5.43 Å². The number of amides is 1. The minimum absolute atomic E-state index is 0.0414. The van der Waals surface area contributed by atoms with Gasteiger partial charge in [-0.3, -0.25) is 10.2 Å². The molecule has 1 heterocycles. The van der Waals surface area contributed by atoms with Gasteiger partial charge in [-0.05, 0) is 33.4 Å². The van der Waals surface area contributed by atoms with Crippen molar-refractivity contribution < 1.29 is 4.79 Å². The van der Waals surface area contributed by atoms with E-state index < -0.39 is 0 Å². The summed E-state index contributed by atoms with van der Waals surface area (Å²) < 4.78 is 0. The van der Waals surface area contributed by atoms with Crippen molar-refractivity contribution in [3.05, 3.63) is 53.1 Å². The van der Waals surface area contributed by atoms with E-state index in [4.69, 9.17) is 0 Å². The summed E-state index contributed by atoms with van der Waals surface area (Å²) in [7, 11) is 0. The van der Waals surface area contributed by atoms with Gasteiger partial charge in [0.25, 0.3) is 5.91 Å². The number of hydrogen-bond acceptors (Lipinski definition) is 2. The van der Waals surface area contributed by atoms with Crippen LogP contribution in [0, 0.1) is 0 Å². The Kier molecular flexibility index (Phi) is 3.30. The summed E-state index contributed by atoms with van der Waals surface area (Å²) in [5.74, 6) is -0.0414. The Morgan fingerprint density at radius 3 is 2.43 bits per heavy atom. The largest absolute Gasteiger partial charge is 0.287 e. The van der Waals surface area contributed by atoms with E-state index in [1.54, 1.807) is 0 Å². The predicted octanol–water partition coefficient (Wildman–Crippen LogP) is 3.16. The molecule has 2 aromatic rings. The molecule has 1 aliphatic heterocycles. The van der Waals surface area contributed by atoms with Gasteiger partial charge in [-0.1, -0.05) is 57.2 Å². The molecule has 0 unspecified atom stereocenters. The van der Waals surface area contributed by atoms with Crippen molar-refractivity contribution in [2.45, 2.75) is 26.2 Å². The van der Waals surface area contributed by atoms with Crippen LogP contribution in [0.5, 0.6) is 0 Å². The highest BCUT2D eigenvalue weighted by Gasteiger charge is 2.20. The summed E-state index contributed by atoms with van der Waals surface area (Å²) in [6.45, 7) is 7.22. The lowest BCUT2D eigenvalue weighted by molar-refractivity contribution is -0.116. The molecule has 0 radical (unpaired) electrons. The molecular weight excluding hydrogens is 260 g/mol. The fraction of sp³-hybridized carbons (Fsp3) is 0.278. The van der Waals surface area contributed by atoms with E-state index in [2.05, 4.69) is 62.0 Å². The summed E-state index contributed by atoms with van der Waals surface area (Å²) in [5, 5.41) is 2.45. The second-order valence-electron chi connectivity index (χ2n) is 6.48. The quantitative estimate of drug-likeness (QED) is 0.788. The SMILES string of the molecule is CC(C)(C)c1cccc2cccc(/C=C3\CNNC3=O)c12. The number of carbonyl (C=O) groups is 1. The minimum atomic E-state index is -0.0414. The molecule has 0 spiro atoms. The molecule has 21 heavy (non-hydrogen) atoms.